The zero-order valence-electron chi connectivity index (χ0n) is 20.1. The van der Waals surface area contributed by atoms with Crippen molar-refractivity contribution in [3.63, 3.8) is 0 Å². The van der Waals surface area contributed by atoms with Crippen LogP contribution >= 0.6 is 23.2 Å². The van der Waals surface area contributed by atoms with Crippen molar-refractivity contribution in [1.82, 2.24) is 0 Å². The molecule has 4 aromatic carbocycles. The number of carbonyl (C=O) groups excluding carboxylic acids is 1. The van der Waals surface area contributed by atoms with Crippen LogP contribution in [0.2, 0.25) is 10.0 Å². The van der Waals surface area contributed by atoms with Crippen LogP contribution in [0.4, 0.5) is 17.1 Å². The standard InChI is InChI=1S/C26H21Cl2N3O6S/c1-3-37-16-8-10-21(20(28)13-16)29-26(33)18-12-15-6-4-5-7-17(15)24(25(18)32)31-30-23-14(2)19(27)9-11-22(23)38(34,35)36/h4-13,32H,3H2,1-2H3,(H,29,33)(H,34,35,36). The Morgan fingerprint density at radius 2 is 1.71 bits per heavy atom. The van der Waals surface area contributed by atoms with Crippen LogP contribution in [0.3, 0.4) is 0 Å². The normalized spacial score (nSPS) is 11.7. The minimum atomic E-state index is -4.66. The Labute approximate surface area is 228 Å². The molecule has 0 saturated heterocycles. The highest BCUT2D eigenvalue weighted by atomic mass is 35.5. The summed E-state index contributed by atoms with van der Waals surface area (Å²) in [6.07, 6.45) is 0. The molecule has 0 aromatic heterocycles. The number of fused-ring (bicyclic) bond motifs is 1. The number of ether oxygens (including phenoxy) is 1. The highest BCUT2D eigenvalue weighted by Gasteiger charge is 2.22. The summed E-state index contributed by atoms with van der Waals surface area (Å²) in [5.74, 6) is -0.638. The Morgan fingerprint density at radius 1 is 1.00 bits per heavy atom. The number of hydrogen-bond donors (Lipinski definition) is 3. The third-order valence-corrected chi connectivity index (χ3v) is 7.20. The van der Waals surface area contributed by atoms with Crippen molar-refractivity contribution in [2.24, 2.45) is 10.2 Å². The first-order valence-electron chi connectivity index (χ1n) is 11.2. The van der Waals surface area contributed by atoms with E-state index in [1.807, 2.05) is 6.92 Å². The molecule has 0 aliphatic heterocycles. The first-order chi connectivity index (χ1) is 18.0. The van der Waals surface area contributed by atoms with Crippen molar-refractivity contribution in [2.45, 2.75) is 18.7 Å². The lowest BCUT2D eigenvalue weighted by Gasteiger charge is -2.13. The van der Waals surface area contributed by atoms with Crippen molar-refractivity contribution in [2.75, 3.05) is 11.9 Å². The molecule has 0 aliphatic carbocycles. The summed E-state index contributed by atoms with van der Waals surface area (Å²) in [7, 11) is -4.66. The Kier molecular flexibility index (Phi) is 7.89. The van der Waals surface area contributed by atoms with E-state index in [-0.39, 0.29) is 32.5 Å². The van der Waals surface area contributed by atoms with Gasteiger partial charge in [0.2, 0.25) is 0 Å². The van der Waals surface area contributed by atoms with E-state index in [9.17, 15) is 22.9 Å². The van der Waals surface area contributed by atoms with E-state index in [4.69, 9.17) is 27.9 Å². The number of benzene rings is 4. The molecule has 0 bridgehead atoms. The number of azo groups is 1. The fraction of sp³-hybridized carbons (Fsp3) is 0.115. The average molecular weight is 574 g/mol. The number of nitrogens with one attached hydrogen (secondary N) is 1. The lowest BCUT2D eigenvalue weighted by molar-refractivity contribution is 0.102. The van der Waals surface area contributed by atoms with Crippen molar-refractivity contribution < 1.29 is 27.6 Å². The lowest BCUT2D eigenvalue weighted by Crippen LogP contribution is -2.12. The number of anilines is 1. The Balaban J connectivity index is 1.81. The minimum absolute atomic E-state index is 0.0910. The van der Waals surface area contributed by atoms with Crippen LogP contribution in [0.25, 0.3) is 10.8 Å². The highest BCUT2D eigenvalue weighted by Crippen LogP contribution is 2.41. The maximum Gasteiger partial charge on any atom is 0.296 e. The van der Waals surface area contributed by atoms with Gasteiger partial charge in [-0.15, -0.1) is 10.2 Å². The van der Waals surface area contributed by atoms with Gasteiger partial charge in [-0.25, -0.2) is 0 Å². The molecule has 0 fully saturated rings. The molecule has 0 aliphatic rings. The van der Waals surface area contributed by atoms with Gasteiger partial charge in [0.05, 0.1) is 22.9 Å². The van der Waals surface area contributed by atoms with E-state index in [0.717, 1.165) is 6.07 Å². The van der Waals surface area contributed by atoms with E-state index in [2.05, 4.69) is 15.5 Å². The second-order valence-electron chi connectivity index (χ2n) is 8.07. The fourth-order valence-corrected chi connectivity index (χ4v) is 4.77. The van der Waals surface area contributed by atoms with Gasteiger partial charge in [0.1, 0.15) is 22.0 Å². The molecule has 0 spiro atoms. The monoisotopic (exact) mass is 573 g/mol. The highest BCUT2D eigenvalue weighted by molar-refractivity contribution is 7.86. The van der Waals surface area contributed by atoms with Gasteiger partial charge in [0.15, 0.2) is 5.75 Å². The number of amides is 1. The third kappa shape index (κ3) is 5.58. The number of halogens is 2. The average Bonchev–Trinajstić information content (AvgIpc) is 2.86. The van der Waals surface area contributed by atoms with Crippen LogP contribution in [0.15, 0.2) is 75.8 Å². The van der Waals surface area contributed by atoms with E-state index < -0.39 is 26.7 Å². The van der Waals surface area contributed by atoms with Gasteiger partial charge in [-0.1, -0.05) is 47.5 Å². The predicted octanol–water partition coefficient (Wildman–Crippen LogP) is 7.47. The maximum absolute atomic E-state index is 13.2. The van der Waals surface area contributed by atoms with Gasteiger partial charge >= 0.3 is 0 Å². The number of aromatic hydroxyl groups is 1. The van der Waals surface area contributed by atoms with E-state index in [1.54, 1.807) is 42.5 Å². The van der Waals surface area contributed by atoms with Crippen LogP contribution in [0.5, 0.6) is 11.5 Å². The topological polar surface area (TPSA) is 138 Å². The molecule has 0 atom stereocenters. The van der Waals surface area contributed by atoms with Crippen LogP contribution < -0.4 is 10.1 Å². The number of carbonyl (C=O) groups is 1. The molecule has 3 N–H and O–H groups in total. The summed E-state index contributed by atoms with van der Waals surface area (Å²) in [5, 5.41) is 23.3. The number of hydrogen-bond acceptors (Lipinski definition) is 7. The Hall–Kier alpha value is -3.70. The molecule has 4 aromatic rings. The largest absolute Gasteiger partial charge is 0.505 e. The van der Waals surface area contributed by atoms with Crippen molar-refractivity contribution in [3.8, 4) is 11.5 Å². The Morgan fingerprint density at radius 3 is 2.39 bits per heavy atom. The SMILES string of the molecule is CCOc1ccc(NC(=O)c2cc3ccccc3c(N=Nc3c(S(=O)(=O)O)ccc(Cl)c3C)c2O)c(Cl)c1. The summed E-state index contributed by atoms with van der Waals surface area (Å²) in [6.45, 7) is 3.79. The maximum atomic E-state index is 13.2. The summed E-state index contributed by atoms with van der Waals surface area (Å²) in [4.78, 5) is 12.7. The molecule has 196 valence electrons. The van der Waals surface area contributed by atoms with Crippen molar-refractivity contribution in [1.29, 1.82) is 0 Å². The van der Waals surface area contributed by atoms with E-state index in [0.29, 0.717) is 28.8 Å². The molecule has 0 heterocycles. The van der Waals surface area contributed by atoms with Crippen LogP contribution in [0.1, 0.15) is 22.8 Å². The molecule has 0 unspecified atom stereocenters. The minimum Gasteiger partial charge on any atom is -0.505 e. The fourth-order valence-electron chi connectivity index (χ4n) is 3.72. The van der Waals surface area contributed by atoms with Crippen molar-refractivity contribution in [3.05, 3.63) is 81.8 Å². The van der Waals surface area contributed by atoms with Crippen LogP contribution in [-0.4, -0.2) is 30.6 Å². The number of phenolic OH excluding ortho intramolecular Hbond substituents is 1. The number of rotatable bonds is 7. The van der Waals surface area contributed by atoms with Gasteiger partial charge in [-0.05, 0) is 55.1 Å². The van der Waals surface area contributed by atoms with Gasteiger partial charge in [-0.2, -0.15) is 8.42 Å². The smallest absolute Gasteiger partial charge is 0.296 e. The van der Waals surface area contributed by atoms with Crippen molar-refractivity contribution >= 4 is 67.1 Å². The molecule has 4 rings (SSSR count). The van der Waals surface area contributed by atoms with Gasteiger partial charge in [-0.3, -0.25) is 9.35 Å². The zero-order chi connectivity index (χ0) is 27.6. The number of nitrogens with zero attached hydrogens (tertiary/aromatic N) is 2. The molecule has 12 heteroatoms. The molecular formula is C26H21Cl2N3O6S. The zero-order valence-corrected chi connectivity index (χ0v) is 22.4. The molecule has 0 radical (unpaired) electrons. The summed E-state index contributed by atoms with van der Waals surface area (Å²) in [5.41, 5.74) is 0.114. The Bertz CT molecular complexity index is 1710. The first-order valence-corrected chi connectivity index (χ1v) is 13.4. The quantitative estimate of drug-likeness (QED) is 0.155. The molecule has 1 amide bonds. The van der Waals surface area contributed by atoms with Gasteiger partial charge in [0.25, 0.3) is 16.0 Å². The predicted molar refractivity (Wildman–Crippen MR) is 146 cm³/mol. The second kappa shape index (κ2) is 11.0. The van der Waals surface area contributed by atoms with E-state index in [1.165, 1.54) is 19.1 Å². The first kappa shape index (κ1) is 27.3. The summed E-state index contributed by atoms with van der Waals surface area (Å²) >= 11 is 12.4. The van der Waals surface area contributed by atoms with Gasteiger partial charge in [0, 0.05) is 16.5 Å². The number of phenols is 1. The van der Waals surface area contributed by atoms with Gasteiger partial charge < -0.3 is 15.2 Å². The summed E-state index contributed by atoms with van der Waals surface area (Å²) in [6, 6.07) is 15.5. The second-order valence-corrected chi connectivity index (χ2v) is 10.3. The third-order valence-electron chi connectivity index (χ3n) is 5.60. The van der Waals surface area contributed by atoms with Crippen LogP contribution in [0, 0.1) is 6.92 Å². The molecule has 38 heavy (non-hydrogen) atoms. The summed E-state index contributed by atoms with van der Waals surface area (Å²) < 4.78 is 38.8. The van der Waals surface area contributed by atoms with E-state index >= 15 is 0 Å². The van der Waals surface area contributed by atoms with Crippen LogP contribution in [-0.2, 0) is 10.1 Å². The molecular weight excluding hydrogens is 553 g/mol. The lowest BCUT2D eigenvalue weighted by atomic mass is 10.0. The molecule has 0 saturated carbocycles. The molecule has 9 nitrogen and oxygen atoms in total.